The first-order valence-electron chi connectivity index (χ1n) is 18.5. The van der Waals surface area contributed by atoms with Crippen molar-refractivity contribution in [1.29, 1.82) is 0 Å². The highest BCUT2D eigenvalue weighted by Crippen LogP contribution is 2.66. The topological polar surface area (TPSA) is 80.2 Å². The fourth-order valence-electron chi connectivity index (χ4n) is 10.8. The molecule has 1 aliphatic heterocycles. The van der Waals surface area contributed by atoms with Gasteiger partial charge in [-0.05, 0) is 101 Å². The number of fused-ring (bicyclic) bond motifs is 5. The first-order valence-corrected chi connectivity index (χ1v) is 18.5. The van der Waals surface area contributed by atoms with Gasteiger partial charge in [0, 0.05) is 82.5 Å². The zero-order chi connectivity index (χ0) is 32.8. The van der Waals surface area contributed by atoms with Gasteiger partial charge in [0.15, 0.2) is 5.78 Å². The molecule has 7 atom stereocenters. The van der Waals surface area contributed by atoms with E-state index in [1.54, 1.807) is 0 Å². The van der Waals surface area contributed by atoms with Gasteiger partial charge in [-0.2, -0.15) is 0 Å². The van der Waals surface area contributed by atoms with Gasteiger partial charge in [0.1, 0.15) is 17.4 Å². The van der Waals surface area contributed by atoms with Gasteiger partial charge in [-0.15, -0.1) is 0 Å². The molecule has 1 unspecified atom stereocenters. The molecule has 4 aliphatic carbocycles. The number of anilines is 3. The highest BCUT2D eigenvalue weighted by atomic mass is 16.3. The van der Waals surface area contributed by atoms with Crippen molar-refractivity contribution in [2.75, 3.05) is 73.6 Å². The monoisotopic (exact) mass is 633 g/mol. The smallest absolute Gasteiger partial charge is 0.155 e. The Morgan fingerprint density at radius 1 is 0.935 bits per heavy atom. The summed E-state index contributed by atoms with van der Waals surface area (Å²) in [6.45, 7) is 21.2. The van der Waals surface area contributed by atoms with Crippen molar-refractivity contribution >= 4 is 28.9 Å². The molecule has 0 spiro atoms. The van der Waals surface area contributed by atoms with E-state index in [2.05, 4.69) is 73.3 Å². The van der Waals surface area contributed by atoms with Crippen molar-refractivity contribution in [1.82, 2.24) is 9.88 Å². The molecule has 4 fully saturated rings. The van der Waals surface area contributed by atoms with Gasteiger partial charge in [0.05, 0.1) is 12.6 Å². The van der Waals surface area contributed by atoms with Gasteiger partial charge >= 0.3 is 0 Å². The van der Waals surface area contributed by atoms with E-state index < -0.39 is 6.10 Å². The molecule has 2 heterocycles. The van der Waals surface area contributed by atoms with E-state index in [1.165, 1.54) is 11.3 Å². The molecule has 1 aromatic rings. The lowest BCUT2D eigenvalue weighted by Crippen LogP contribution is -2.57. The lowest BCUT2D eigenvalue weighted by atomic mass is 9.46. The molecule has 1 saturated heterocycles. The van der Waals surface area contributed by atoms with Crippen LogP contribution in [-0.2, 0) is 9.59 Å². The molecule has 254 valence electrons. The predicted octanol–water partition coefficient (Wildman–Crippen LogP) is 5.58. The van der Waals surface area contributed by atoms with Gasteiger partial charge in [0.25, 0.3) is 0 Å². The van der Waals surface area contributed by atoms with Gasteiger partial charge in [-0.1, -0.05) is 19.4 Å². The fraction of sp³-hybridized carbons (Fsp3) is 0.763. The largest absolute Gasteiger partial charge is 0.393 e. The quantitative estimate of drug-likeness (QED) is 0.358. The molecular formula is C38H59N5O3. The average Bonchev–Trinajstić information content (AvgIpc) is 3.39. The minimum absolute atomic E-state index is 0.0252. The summed E-state index contributed by atoms with van der Waals surface area (Å²) >= 11 is 0. The zero-order valence-electron chi connectivity index (χ0n) is 29.4. The summed E-state index contributed by atoms with van der Waals surface area (Å²) in [4.78, 5) is 40.9. The van der Waals surface area contributed by atoms with Crippen LogP contribution in [-0.4, -0.2) is 91.6 Å². The second-order valence-corrected chi connectivity index (χ2v) is 15.4. The molecule has 6 rings (SSSR count). The number of Topliss-reactive ketones (excluding diaryl/α,β-unsaturated/α-hetero) is 1. The molecule has 0 amide bonds. The summed E-state index contributed by atoms with van der Waals surface area (Å²) in [5.74, 6) is 3.87. The molecule has 46 heavy (non-hydrogen) atoms. The SMILES string of the molecule is CCN(CC)c1cc(N2CCN(CC(=O)[C@H]3CC[C@H]4[C@@H]5CCC6=CC(=O)CC[C@]6(C)[C@H]5C(O)C[C@]34C)CC2)cc(N(CC)CC)n1. The number of ketones is 2. The predicted molar refractivity (Wildman–Crippen MR) is 187 cm³/mol. The molecule has 0 bridgehead atoms. The summed E-state index contributed by atoms with van der Waals surface area (Å²) in [6, 6.07) is 4.50. The molecular weight excluding hydrogens is 574 g/mol. The Morgan fingerprint density at radius 2 is 1.57 bits per heavy atom. The number of nitrogens with zero attached hydrogens (tertiary/aromatic N) is 5. The van der Waals surface area contributed by atoms with Gasteiger partial charge < -0.3 is 19.8 Å². The number of allylic oxidation sites excluding steroid dienone is 1. The Balaban J connectivity index is 1.11. The summed E-state index contributed by atoms with van der Waals surface area (Å²) in [5.41, 5.74) is 2.29. The van der Waals surface area contributed by atoms with Crippen LogP contribution in [0, 0.1) is 34.5 Å². The average molecular weight is 634 g/mol. The summed E-state index contributed by atoms with van der Waals surface area (Å²) in [5, 5.41) is 11.8. The highest BCUT2D eigenvalue weighted by molar-refractivity contribution is 5.91. The minimum Gasteiger partial charge on any atom is -0.393 e. The first-order chi connectivity index (χ1) is 22.1. The van der Waals surface area contributed by atoms with Crippen LogP contribution in [0.15, 0.2) is 23.8 Å². The Hall–Kier alpha value is -2.45. The van der Waals surface area contributed by atoms with Crippen LogP contribution in [0.2, 0.25) is 0 Å². The third kappa shape index (κ3) is 5.80. The molecule has 8 nitrogen and oxygen atoms in total. The van der Waals surface area contributed by atoms with Crippen molar-refractivity contribution in [3.05, 3.63) is 23.8 Å². The van der Waals surface area contributed by atoms with Crippen LogP contribution in [0.3, 0.4) is 0 Å². The van der Waals surface area contributed by atoms with E-state index in [-0.39, 0.29) is 28.4 Å². The molecule has 0 aromatic carbocycles. The molecule has 1 N–H and O–H groups in total. The Kier molecular flexibility index (Phi) is 9.61. The number of pyridine rings is 1. The molecule has 8 heteroatoms. The van der Waals surface area contributed by atoms with Crippen molar-refractivity contribution in [2.24, 2.45) is 34.5 Å². The Labute approximate surface area is 277 Å². The number of rotatable bonds is 10. The number of aliphatic hydroxyl groups excluding tert-OH is 1. The minimum atomic E-state index is -0.409. The molecule has 1 aromatic heterocycles. The van der Waals surface area contributed by atoms with Crippen molar-refractivity contribution in [3.63, 3.8) is 0 Å². The number of piperazine rings is 1. The fourth-order valence-corrected chi connectivity index (χ4v) is 10.8. The lowest BCUT2D eigenvalue weighted by Gasteiger charge is -2.59. The van der Waals surface area contributed by atoms with Gasteiger partial charge in [-0.25, -0.2) is 4.98 Å². The summed E-state index contributed by atoms with van der Waals surface area (Å²) in [7, 11) is 0. The van der Waals surface area contributed by atoms with E-state index in [1.807, 2.05) is 6.08 Å². The van der Waals surface area contributed by atoms with Crippen molar-refractivity contribution < 1.29 is 14.7 Å². The van der Waals surface area contributed by atoms with Crippen LogP contribution < -0.4 is 14.7 Å². The van der Waals surface area contributed by atoms with E-state index in [4.69, 9.17) is 4.98 Å². The standard InChI is InChI=1S/C38H59N5O3/c1-7-41(8-2)34-22-27(23-35(39-34)42(9-3)10-4)43-19-17-40(18-20-43)25-33(46)31-14-13-30-29-12-11-26-21-28(44)15-16-37(26,5)36(29)32(45)24-38(30,31)6/h21-23,29-32,36,45H,7-20,24-25H2,1-6H3/t29-,30-,31+,32?,36+,37-,38-/m0/s1. The number of carbonyl (C=O) groups excluding carboxylic acids is 2. The maximum Gasteiger partial charge on any atom is 0.155 e. The maximum absolute atomic E-state index is 14.1. The Bertz CT molecular complexity index is 1280. The maximum atomic E-state index is 14.1. The highest BCUT2D eigenvalue weighted by Gasteiger charge is 2.62. The van der Waals surface area contributed by atoms with E-state index >= 15 is 0 Å². The van der Waals surface area contributed by atoms with Crippen LogP contribution >= 0.6 is 0 Å². The summed E-state index contributed by atoms with van der Waals surface area (Å²) < 4.78 is 0. The second-order valence-electron chi connectivity index (χ2n) is 15.4. The molecule has 3 saturated carbocycles. The van der Waals surface area contributed by atoms with E-state index in [0.29, 0.717) is 37.0 Å². The van der Waals surface area contributed by atoms with Crippen molar-refractivity contribution in [3.8, 4) is 0 Å². The second kappa shape index (κ2) is 13.2. The number of hydrogen-bond acceptors (Lipinski definition) is 8. The van der Waals surface area contributed by atoms with Crippen LogP contribution in [0.5, 0.6) is 0 Å². The number of aliphatic hydroxyl groups is 1. The van der Waals surface area contributed by atoms with Gasteiger partial charge in [0.2, 0.25) is 0 Å². The van der Waals surface area contributed by atoms with Crippen LogP contribution in [0.25, 0.3) is 0 Å². The van der Waals surface area contributed by atoms with Crippen LogP contribution in [0.1, 0.15) is 86.5 Å². The molecule has 0 radical (unpaired) electrons. The third-order valence-corrected chi connectivity index (χ3v) is 13.4. The van der Waals surface area contributed by atoms with Gasteiger partial charge in [-0.3, -0.25) is 14.5 Å². The van der Waals surface area contributed by atoms with E-state index in [9.17, 15) is 14.7 Å². The zero-order valence-corrected chi connectivity index (χ0v) is 29.4. The third-order valence-electron chi connectivity index (χ3n) is 13.4. The lowest BCUT2D eigenvalue weighted by molar-refractivity contribution is -0.145. The van der Waals surface area contributed by atoms with Crippen molar-refractivity contribution in [2.45, 2.75) is 92.6 Å². The summed E-state index contributed by atoms with van der Waals surface area (Å²) in [6.07, 6.45) is 7.73. The Morgan fingerprint density at radius 3 is 2.17 bits per heavy atom. The normalized spacial score (nSPS) is 34.4. The first kappa shape index (κ1) is 33.5. The number of hydrogen-bond donors (Lipinski definition) is 1. The number of carbonyl (C=O) groups is 2. The molecule has 5 aliphatic rings. The van der Waals surface area contributed by atoms with Crippen LogP contribution in [0.4, 0.5) is 17.3 Å². The number of aromatic nitrogens is 1. The van der Waals surface area contributed by atoms with E-state index in [0.717, 1.165) is 96.1 Å².